The predicted octanol–water partition coefficient (Wildman–Crippen LogP) is 20.0. The highest BCUT2D eigenvalue weighted by Crippen LogP contribution is 2.16. The Morgan fingerprint density at radius 1 is 0.290 bits per heavy atom. The lowest BCUT2D eigenvalue weighted by Crippen LogP contribution is -2.30. The van der Waals surface area contributed by atoms with Gasteiger partial charge in [0.1, 0.15) is 13.2 Å². The lowest BCUT2D eigenvalue weighted by molar-refractivity contribution is -0.167. The third-order valence-corrected chi connectivity index (χ3v) is 13.0. The molecule has 6 heteroatoms. The highest BCUT2D eigenvalue weighted by molar-refractivity contribution is 5.71. The topological polar surface area (TPSA) is 78.9 Å². The van der Waals surface area contributed by atoms with Gasteiger partial charge in [0.05, 0.1) is 0 Å². The van der Waals surface area contributed by atoms with E-state index in [0.717, 1.165) is 70.6 Å². The Labute approximate surface area is 428 Å². The summed E-state index contributed by atoms with van der Waals surface area (Å²) < 4.78 is 16.8. The van der Waals surface area contributed by atoms with Gasteiger partial charge in [-0.25, -0.2) is 0 Å². The molecular weight excluding hydrogens is 853 g/mol. The molecule has 0 aliphatic carbocycles. The molecule has 0 saturated heterocycles. The van der Waals surface area contributed by atoms with Crippen molar-refractivity contribution in [2.24, 2.45) is 0 Å². The SMILES string of the molecule is CCCCC/C=C\C/C=C\C/C=C\C/C=C\CCCC(=O)OC[C@H](COC(=O)CCCCCCC/C=C\CCCCCC)OC(=O)CCCCCCCCCCCCCCCCCCCCCCC. The van der Waals surface area contributed by atoms with Crippen LogP contribution in [0, 0.1) is 0 Å². The average Bonchev–Trinajstić information content (AvgIpc) is 3.35. The van der Waals surface area contributed by atoms with E-state index in [-0.39, 0.29) is 37.5 Å². The van der Waals surface area contributed by atoms with Gasteiger partial charge in [0, 0.05) is 19.3 Å². The summed E-state index contributed by atoms with van der Waals surface area (Å²) in [6, 6.07) is 0. The summed E-state index contributed by atoms with van der Waals surface area (Å²) >= 11 is 0. The molecule has 400 valence electrons. The molecule has 0 aliphatic heterocycles. The van der Waals surface area contributed by atoms with Gasteiger partial charge < -0.3 is 14.2 Å². The van der Waals surface area contributed by atoms with Crippen molar-refractivity contribution in [3.8, 4) is 0 Å². The van der Waals surface area contributed by atoms with Crippen molar-refractivity contribution < 1.29 is 28.6 Å². The highest BCUT2D eigenvalue weighted by Gasteiger charge is 2.19. The molecule has 0 aromatic carbocycles. The standard InChI is InChI=1S/C63H112O6/c1-4-7-10-13-16-19-22-25-27-29-30-31-32-34-36-39-42-45-48-51-54-57-63(66)69-60(58-67-61(64)55-52-49-46-43-40-37-24-21-18-15-12-9-6-3)59-68-62(65)56-53-50-47-44-41-38-35-33-28-26-23-20-17-14-11-8-5-2/h17,20-21,24,26,28,35,38,44,47,60H,4-16,18-19,22-23,25,27,29-34,36-37,39-43,45-46,48-59H2,1-3H3/b20-17-,24-21-,28-26-,38-35-,47-44-/t60-/m0/s1. The Kier molecular flexibility index (Phi) is 55.3. The second-order valence-corrected chi connectivity index (χ2v) is 19.9. The number of hydrogen-bond acceptors (Lipinski definition) is 6. The number of carbonyl (C=O) groups excluding carboxylic acids is 3. The molecule has 0 unspecified atom stereocenters. The van der Waals surface area contributed by atoms with Crippen LogP contribution >= 0.6 is 0 Å². The number of ether oxygens (including phenoxy) is 3. The molecule has 0 amide bonds. The molecule has 69 heavy (non-hydrogen) atoms. The minimum Gasteiger partial charge on any atom is -0.462 e. The summed E-state index contributed by atoms with van der Waals surface area (Å²) in [5.41, 5.74) is 0. The van der Waals surface area contributed by atoms with E-state index in [2.05, 4.69) is 81.5 Å². The van der Waals surface area contributed by atoms with E-state index in [0.29, 0.717) is 19.3 Å². The minimum atomic E-state index is -0.798. The van der Waals surface area contributed by atoms with Gasteiger partial charge in [-0.1, -0.05) is 261 Å². The normalized spacial score (nSPS) is 12.4. The van der Waals surface area contributed by atoms with Crippen molar-refractivity contribution in [3.63, 3.8) is 0 Å². The summed E-state index contributed by atoms with van der Waals surface area (Å²) in [4.78, 5) is 38.1. The van der Waals surface area contributed by atoms with E-state index < -0.39 is 6.10 Å². The Hall–Kier alpha value is -2.89. The molecule has 0 heterocycles. The number of carbonyl (C=O) groups is 3. The monoisotopic (exact) mass is 965 g/mol. The summed E-state index contributed by atoms with van der Waals surface area (Å²) in [6.07, 6.45) is 72.2. The third kappa shape index (κ3) is 55.9. The fourth-order valence-electron chi connectivity index (χ4n) is 8.49. The van der Waals surface area contributed by atoms with Gasteiger partial charge in [0.2, 0.25) is 0 Å². The predicted molar refractivity (Wildman–Crippen MR) is 298 cm³/mol. The van der Waals surface area contributed by atoms with Crippen LogP contribution in [0.15, 0.2) is 60.8 Å². The Bertz CT molecular complexity index is 1250. The summed E-state index contributed by atoms with van der Waals surface area (Å²) in [5, 5.41) is 0. The summed E-state index contributed by atoms with van der Waals surface area (Å²) in [7, 11) is 0. The summed E-state index contributed by atoms with van der Waals surface area (Å²) in [6.45, 7) is 6.58. The van der Waals surface area contributed by atoms with Crippen LogP contribution in [0.2, 0.25) is 0 Å². The molecule has 0 spiro atoms. The van der Waals surface area contributed by atoms with E-state index in [1.807, 2.05) is 0 Å². The first kappa shape index (κ1) is 66.1. The molecule has 0 saturated carbocycles. The average molecular weight is 966 g/mol. The molecule has 0 aromatic rings. The van der Waals surface area contributed by atoms with Gasteiger partial charge >= 0.3 is 17.9 Å². The van der Waals surface area contributed by atoms with Gasteiger partial charge in [-0.2, -0.15) is 0 Å². The maximum absolute atomic E-state index is 12.9. The van der Waals surface area contributed by atoms with Crippen molar-refractivity contribution in [2.75, 3.05) is 13.2 Å². The number of hydrogen-bond donors (Lipinski definition) is 0. The molecule has 0 fully saturated rings. The van der Waals surface area contributed by atoms with Gasteiger partial charge in [0.25, 0.3) is 0 Å². The third-order valence-electron chi connectivity index (χ3n) is 13.0. The van der Waals surface area contributed by atoms with Crippen LogP contribution in [0.5, 0.6) is 0 Å². The Morgan fingerprint density at radius 3 is 0.928 bits per heavy atom. The number of unbranched alkanes of at least 4 members (excludes halogenated alkanes) is 33. The zero-order chi connectivity index (χ0) is 50.0. The van der Waals surface area contributed by atoms with Crippen LogP contribution in [0.4, 0.5) is 0 Å². The van der Waals surface area contributed by atoms with E-state index >= 15 is 0 Å². The zero-order valence-electron chi connectivity index (χ0n) is 45.8. The first-order valence-electron chi connectivity index (χ1n) is 29.8. The van der Waals surface area contributed by atoms with Crippen LogP contribution in [-0.2, 0) is 28.6 Å². The fourth-order valence-corrected chi connectivity index (χ4v) is 8.49. The molecule has 0 aromatic heterocycles. The first-order chi connectivity index (χ1) is 34.0. The number of allylic oxidation sites excluding steroid dienone is 10. The van der Waals surface area contributed by atoms with Crippen molar-refractivity contribution >= 4 is 17.9 Å². The van der Waals surface area contributed by atoms with Gasteiger partial charge in [-0.3, -0.25) is 14.4 Å². The van der Waals surface area contributed by atoms with Crippen LogP contribution in [0.1, 0.15) is 303 Å². The molecule has 1 atom stereocenters. The van der Waals surface area contributed by atoms with Crippen molar-refractivity contribution in [2.45, 2.75) is 309 Å². The van der Waals surface area contributed by atoms with E-state index in [1.54, 1.807) is 0 Å². The van der Waals surface area contributed by atoms with Crippen LogP contribution in [0.3, 0.4) is 0 Å². The Balaban J connectivity index is 4.39. The number of rotatable bonds is 54. The molecule has 0 radical (unpaired) electrons. The smallest absolute Gasteiger partial charge is 0.306 e. The number of esters is 3. The van der Waals surface area contributed by atoms with E-state index in [4.69, 9.17) is 14.2 Å². The zero-order valence-corrected chi connectivity index (χ0v) is 45.8. The fraction of sp³-hybridized carbons (Fsp3) is 0.794. The molecule has 0 aliphatic rings. The van der Waals surface area contributed by atoms with E-state index in [9.17, 15) is 14.4 Å². The second kappa shape index (κ2) is 57.7. The Morgan fingerprint density at radius 2 is 0.536 bits per heavy atom. The molecule has 0 rings (SSSR count). The van der Waals surface area contributed by atoms with Crippen molar-refractivity contribution in [3.05, 3.63) is 60.8 Å². The van der Waals surface area contributed by atoms with Gasteiger partial charge in [-0.15, -0.1) is 0 Å². The minimum absolute atomic E-state index is 0.0931. The summed E-state index contributed by atoms with van der Waals surface area (Å²) in [5.74, 6) is -0.946. The molecule has 0 bridgehead atoms. The van der Waals surface area contributed by atoms with Crippen LogP contribution in [0.25, 0.3) is 0 Å². The lowest BCUT2D eigenvalue weighted by atomic mass is 10.0. The molecule has 0 N–H and O–H groups in total. The van der Waals surface area contributed by atoms with Gasteiger partial charge in [-0.05, 0) is 83.5 Å². The highest BCUT2D eigenvalue weighted by atomic mass is 16.6. The maximum atomic E-state index is 12.9. The largest absolute Gasteiger partial charge is 0.462 e. The van der Waals surface area contributed by atoms with Crippen LogP contribution in [-0.4, -0.2) is 37.2 Å². The maximum Gasteiger partial charge on any atom is 0.306 e. The van der Waals surface area contributed by atoms with Crippen molar-refractivity contribution in [1.29, 1.82) is 0 Å². The first-order valence-corrected chi connectivity index (χ1v) is 29.8. The lowest BCUT2D eigenvalue weighted by Gasteiger charge is -2.18. The quantitative estimate of drug-likeness (QED) is 0.0262. The van der Waals surface area contributed by atoms with E-state index in [1.165, 1.54) is 186 Å². The molecular formula is C63H112O6. The van der Waals surface area contributed by atoms with Gasteiger partial charge in [0.15, 0.2) is 6.10 Å². The second-order valence-electron chi connectivity index (χ2n) is 19.9. The van der Waals surface area contributed by atoms with Crippen molar-refractivity contribution in [1.82, 2.24) is 0 Å². The molecule has 6 nitrogen and oxygen atoms in total. The van der Waals surface area contributed by atoms with Crippen LogP contribution < -0.4 is 0 Å².